The lowest BCUT2D eigenvalue weighted by Gasteiger charge is -2.31. The Bertz CT molecular complexity index is 1380. The Hall–Kier alpha value is -3.76. The third-order valence-electron chi connectivity index (χ3n) is 7.55. The highest BCUT2D eigenvalue weighted by atomic mass is 19.1. The summed E-state index contributed by atoms with van der Waals surface area (Å²) in [6, 6.07) is 12.2. The van der Waals surface area contributed by atoms with E-state index in [2.05, 4.69) is 15.6 Å². The van der Waals surface area contributed by atoms with Gasteiger partial charge in [0.25, 0.3) is 5.91 Å². The van der Waals surface area contributed by atoms with E-state index < -0.39 is 18.2 Å². The minimum atomic E-state index is -0.974. The second-order valence-electron chi connectivity index (χ2n) is 10.5. The number of benzene rings is 2. The molecular formula is C30H35FN4O5. The van der Waals surface area contributed by atoms with Gasteiger partial charge in [0.2, 0.25) is 5.91 Å². The third kappa shape index (κ3) is 6.51. The van der Waals surface area contributed by atoms with Crippen LogP contribution in [0.3, 0.4) is 0 Å². The first kappa shape index (κ1) is 27.8. The molecule has 0 radical (unpaired) electrons. The third-order valence-corrected chi connectivity index (χ3v) is 7.55. The summed E-state index contributed by atoms with van der Waals surface area (Å²) in [6.45, 7) is 2.86. The van der Waals surface area contributed by atoms with Crippen LogP contribution in [-0.2, 0) is 4.79 Å². The van der Waals surface area contributed by atoms with Gasteiger partial charge in [0.15, 0.2) is 0 Å². The molecule has 1 aromatic heterocycles. The van der Waals surface area contributed by atoms with Crippen molar-refractivity contribution in [2.75, 3.05) is 26.8 Å². The highest BCUT2D eigenvalue weighted by molar-refractivity contribution is 5.96. The summed E-state index contributed by atoms with van der Waals surface area (Å²) in [5.41, 5.74) is 1.52. The van der Waals surface area contributed by atoms with Crippen LogP contribution in [-0.4, -0.2) is 65.9 Å². The molecule has 2 heterocycles. The van der Waals surface area contributed by atoms with Crippen molar-refractivity contribution in [2.24, 2.45) is 5.92 Å². The van der Waals surface area contributed by atoms with Crippen LogP contribution in [0.15, 0.2) is 48.5 Å². The van der Waals surface area contributed by atoms with Crippen molar-refractivity contribution in [2.45, 2.75) is 50.9 Å². The molecule has 10 heteroatoms. The van der Waals surface area contributed by atoms with Crippen molar-refractivity contribution >= 4 is 22.7 Å². The monoisotopic (exact) mass is 550 g/mol. The highest BCUT2D eigenvalue weighted by Gasteiger charge is 2.35. The molecule has 1 saturated carbocycles. The van der Waals surface area contributed by atoms with Gasteiger partial charge in [0.05, 0.1) is 31.8 Å². The molecule has 3 atom stereocenters. The normalized spacial score (nSPS) is 18.4. The summed E-state index contributed by atoms with van der Waals surface area (Å²) in [5.74, 6) is 0.839. The minimum absolute atomic E-state index is 0.139. The van der Waals surface area contributed by atoms with Gasteiger partial charge in [-0.1, -0.05) is 12.1 Å². The van der Waals surface area contributed by atoms with E-state index in [-0.39, 0.29) is 30.0 Å². The van der Waals surface area contributed by atoms with Crippen LogP contribution >= 0.6 is 0 Å². The van der Waals surface area contributed by atoms with E-state index in [9.17, 15) is 19.1 Å². The quantitative estimate of drug-likeness (QED) is 0.313. The predicted octanol–water partition coefficient (Wildman–Crippen LogP) is 3.56. The number of rotatable bonds is 11. The van der Waals surface area contributed by atoms with E-state index in [0.717, 1.165) is 12.0 Å². The average molecular weight is 551 g/mol. The van der Waals surface area contributed by atoms with E-state index >= 15 is 0 Å². The van der Waals surface area contributed by atoms with Crippen molar-refractivity contribution < 1.29 is 28.6 Å². The zero-order valence-electron chi connectivity index (χ0n) is 22.7. The zero-order chi connectivity index (χ0) is 28.2. The molecule has 1 saturated heterocycles. The number of hydrogen-bond donors (Lipinski definition) is 3. The standard InChI is InChI=1S/C30H35FN4O5/c1-18(23-10-9-22(39-2)15-27(23)40-17-19-5-6-19)33-30(38)26-4-3-13-35(26)28(36)16-32-29(37)25-11-7-20-14-21(31)8-12-24(20)34-25/h7-12,14-15,18-19,26,30,33,38H,3-6,13,16-17H2,1-2H3,(H,32,37)/t18-,26?,30?/m0/s1. The molecule has 2 amide bonds. The summed E-state index contributed by atoms with van der Waals surface area (Å²) in [6.07, 6.45) is 2.77. The number of carbonyl (C=O) groups excluding carboxylic acids is 2. The topological polar surface area (TPSA) is 113 Å². The number of pyridine rings is 1. The fraction of sp³-hybridized carbons (Fsp3) is 0.433. The fourth-order valence-electron chi connectivity index (χ4n) is 5.07. The number of halogens is 1. The molecule has 40 heavy (non-hydrogen) atoms. The number of aliphatic hydroxyl groups is 1. The molecule has 9 nitrogen and oxygen atoms in total. The Kier molecular flexibility index (Phi) is 8.46. The summed E-state index contributed by atoms with van der Waals surface area (Å²) in [4.78, 5) is 31.6. The first-order valence-electron chi connectivity index (χ1n) is 13.7. The lowest BCUT2D eigenvalue weighted by molar-refractivity contribution is -0.133. The van der Waals surface area contributed by atoms with Gasteiger partial charge in [-0.15, -0.1) is 0 Å². The number of carbonyl (C=O) groups is 2. The van der Waals surface area contributed by atoms with Gasteiger partial charge in [0, 0.05) is 29.6 Å². The average Bonchev–Trinajstić information content (AvgIpc) is 3.66. The lowest BCUT2D eigenvalue weighted by Crippen LogP contribution is -2.51. The molecule has 212 valence electrons. The van der Waals surface area contributed by atoms with Crippen LogP contribution < -0.4 is 20.1 Å². The fourth-order valence-corrected chi connectivity index (χ4v) is 5.07. The summed E-state index contributed by atoms with van der Waals surface area (Å²) >= 11 is 0. The van der Waals surface area contributed by atoms with Crippen molar-refractivity contribution in [1.82, 2.24) is 20.5 Å². The van der Waals surface area contributed by atoms with Crippen LogP contribution in [0, 0.1) is 11.7 Å². The Morgan fingerprint density at radius 1 is 1.15 bits per heavy atom. The number of aromatic nitrogens is 1. The number of hydrogen-bond acceptors (Lipinski definition) is 7. The van der Waals surface area contributed by atoms with Crippen LogP contribution in [0.5, 0.6) is 11.5 Å². The molecule has 5 rings (SSSR count). The van der Waals surface area contributed by atoms with E-state index in [4.69, 9.17) is 9.47 Å². The smallest absolute Gasteiger partial charge is 0.270 e. The summed E-state index contributed by atoms with van der Waals surface area (Å²) in [7, 11) is 1.61. The molecule has 0 spiro atoms. The molecule has 0 bridgehead atoms. The molecule has 2 aromatic carbocycles. The van der Waals surface area contributed by atoms with E-state index in [1.807, 2.05) is 25.1 Å². The highest BCUT2D eigenvalue weighted by Crippen LogP contribution is 2.34. The summed E-state index contributed by atoms with van der Waals surface area (Å²) in [5, 5.41) is 17.5. The van der Waals surface area contributed by atoms with E-state index in [1.165, 1.54) is 37.1 Å². The first-order valence-corrected chi connectivity index (χ1v) is 13.7. The number of amides is 2. The largest absolute Gasteiger partial charge is 0.497 e. The van der Waals surface area contributed by atoms with Gasteiger partial charge in [-0.25, -0.2) is 9.37 Å². The zero-order valence-corrected chi connectivity index (χ0v) is 22.7. The number of fused-ring (bicyclic) bond motifs is 1. The SMILES string of the molecule is COc1ccc([C@H](C)NC(O)C2CCCN2C(=O)CNC(=O)c2ccc3cc(F)ccc3n2)c(OCC2CC2)c1. The number of nitrogens with one attached hydrogen (secondary N) is 2. The second kappa shape index (κ2) is 12.2. The van der Waals surface area contributed by atoms with Crippen molar-refractivity contribution in [3.63, 3.8) is 0 Å². The van der Waals surface area contributed by atoms with E-state index in [0.29, 0.717) is 47.9 Å². The molecule has 2 fully saturated rings. The number of likely N-dealkylation sites (tertiary alicyclic amines) is 1. The van der Waals surface area contributed by atoms with Crippen LogP contribution in [0.25, 0.3) is 10.9 Å². The van der Waals surface area contributed by atoms with Crippen LogP contribution in [0.1, 0.15) is 54.7 Å². The maximum absolute atomic E-state index is 13.4. The van der Waals surface area contributed by atoms with Crippen molar-refractivity contribution in [3.8, 4) is 11.5 Å². The molecule has 2 aliphatic rings. The van der Waals surface area contributed by atoms with Gasteiger partial charge in [-0.3, -0.25) is 14.9 Å². The number of nitrogens with zero attached hydrogens (tertiary/aromatic N) is 2. The predicted molar refractivity (Wildman–Crippen MR) is 148 cm³/mol. The maximum Gasteiger partial charge on any atom is 0.270 e. The number of aliphatic hydroxyl groups excluding tert-OH is 1. The van der Waals surface area contributed by atoms with Gasteiger partial charge < -0.3 is 24.8 Å². The minimum Gasteiger partial charge on any atom is -0.497 e. The van der Waals surface area contributed by atoms with E-state index in [1.54, 1.807) is 18.1 Å². The molecular weight excluding hydrogens is 515 g/mol. The van der Waals surface area contributed by atoms with Gasteiger partial charge in [-0.05, 0) is 68.9 Å². The Morgan fingerprint density at radius 2 is 1.98 bits per heavy atom. The second-order valence-corrected chi connectivity index (χ2v) is 10.5. The summed E-state index contributed by atoms with van der Waals surface area (Å²) < 4.78 is 24.9. The molecule has 3 N–H and O–H groups in total. The molecule has 1 aliphatic carbocycles. The van der Waals surface area contributed by atoms with Crippen molar-refractivity contribution in [1.29, 1.82) is 0 Å². The lowest BCUT2D eigenvalue weighted by atomic mass is 10.1. The Morgan fingerprint density at radius 3 is 2.75 bits per heavy atom. The van der Waals surface area contributed by atoms with Crippen LogP contribution in [0.2, 0.25) is 0 Å². The van der Waals surface area contributed by atoms with Crippen LogP contribution in [0.4, 0.5) is 4.39 Å². The van der Waals surface area contributed by atoms with Gasteiger partial charge in [-0.2, -0.15) is 0 Å². The Balaban J connectivity index is 1.18. The maximum atomic E-state index is 13.4. The molecule has 2 unspecified atom stereocenters. The molecule has 3 aromatic rings. The molecule has 1 aliphatic heterocycles. The van der Waals surface area contributed by atoms with Gasteiger partial charge >= 0.3 is 0 Å². The number of methoxy groups -OCH3 is 1. The Labute approximate surface area is 232 Å². The van der Waals surface area contributed by atoms with Crippen molar-refractivity contribution in [3.05, 3.63) is 65.6 Å². The number of ether oxygens (including phenoxy) is 2. The first-order chi connectivity index (χ1) is 19.3. The van der Waals surface area contributed by atoms with Gasteiger partial charge in [0.1, 0.15) is 29.2 Å².